The Kier molecular flexibility index (Phi) is 9.01. The fourth-order valence-electron chi connectivity index (χ4n) is 1.64. The van der Waals surface area contributed by atoms with Crippen molar-refractivity contribution < 1.29 is 4.79 Å². The van der Waals surface area contributed by atoms with Crippen molar-refractivity contribution >= 4 is 18.2 Å². The van der Waals surface area contributed by atoms with E-state index in [1.165, 1.54) is 0 Å². The Morgan fingerprint density at radius 3 is 2.36 bits per heavy atom. The summed E-state index contributed by atoms with van der Waals surface area (Å²) >= 11 is 1.65. The lowest BCUT2D eigenvalue weighted by atomic mass is 10.2. The number of aldehydes is 1. The van der Waals surface area contributed by atoms with E-state index in [-0.39, 0.29) is 0 Å². The van der Waals surface area contributed by atoms with Crippen molar-refractivity contribution in [1.29, 1.82) is 0 Å². The zero-order valence-corrected chi connectivity index (χ0v) is 13.6. The predicted molar refractivity (Wildman–Crippen MR) is 89.9 cm³/mol. The highest BCUT2D eigenvalue weighted by Crippen LogP contribution is 2.14. The second kappa shape index (κ2) is 10.9. The van der Waals surface area contributed by atoms with Gasteiger partial charge in [-0.25, -0.2) is 4.31 Å². The van der Waals surface area contributed by atoms with Gasteiger partial charge < -0.3 is 0 Å². The van der Waals surface area contributed by atoms with Crippen LogP contribution in [0.1, 0.15) is 21.7 Å². The van der Waals surface area contributed by atoms with Crippen LogP contribution in [-0.4, -0.2) is 33.9 Å². The van der Waals surface area contributed by atoms with E-state index in [1.807, 2.05) is 30.5 Å². The normalized spacial score (nSPS) is 10.0. The van der Waals surface area contributed by atoms with Crippen molar-refractivity contribution in [3.8, 4) is 0 Å². The summed E-state index contributed by atoms with van der Waals surface area (Å²) in [6, 6.07) is 9.57. The molecule has 0 radical (unpaired) electrons. The van der Waals surface area contributed by atoms with Crippen LogP contribution >= 0.6 is 11.9 Å². The minimum atomic E-state index is 0.601. The predicted octanol–water partition coefficient (Wildman–Crippen LogP) is 1.65. The van der Waals surface area contributed by atoms with Crippen molar-refractivity contribution in [3.63, 3.8) is 0 Å². The van der Waals surface area contributed by atoms with Gasteiger partial charge in [0.15, 0.2) is 6.29 Å². The molecule has 0 saturated heterocycles. The van der Waals surface area contributed by atoms with E-state index < -0.39 is 0 Å². The molecule has 2 rings (SSSR count). The molecule has 0 spiro atoms. The molecular weight excluding hydrogens is 298 g/mol. The van der Waals surface area contributed by atoms with Gasteiger partial charge in [0.1, 0.15) is 0 Å². The van der Waals surface area contributed by atoms with Crippen LogP contribution in [0.2, 0.25) is 0 Å². The van der Waals surface area contributed by atoms with Gasteiger partial charge in [-0.1, -0.05) is 18.0 Å². The van der Waals surface area contributed by atoms with Crippen LogP contribution in [0.15, 0.2) is 42.7 Å². The van der Waals surface area contributed by atoms with E-state index in [2.05, 4.69) is 25.5 Å². The summed E-state index contributed by atoms with van der Waals surface area (Å²) in [5, 5.41) is 0. The molecule has 7 heteroatoms. The Morgan fingerprint density at radius 2 is 1.91 bits per heavy atom. The molecule has 6 nitrogen and oxygen atoms in total. The molecule has 2 aromatic heterocycles. The SMILES string of the molecule is CNN.CSN(Cc1ccccn1)Cc1ccc(C=O)cn1. The molecule has 2 heterocycles. The number of carbonyl (C=O) groups excluding carboxylic acids is 1. The fourth-order valence-corrected chi connectivity index (χ4v) is 2.16. The second-order valence-electron chi connectivity index (χ2n) is 4.29. The van der Waals surface area contributed by atoms with Gasteiger partial charge in [-0.05, 0) is 37.6 Å². The summed E-state index contributed by atoms with van der Waals surface area (Å²) in [5.74, 6) is 4.60. The lowest BCUT2D eigenvalue weighted by Crippen LogP contribution is -2.16. The Labute approximate surface area is 135 Å². The van der Waals surface area contributed by atoms with Gasteiger partial charge in [0.05, 0.1) is 24.5 Å². The summed E-state index contributed by atoms with van der Waals surface area (Å²) < 4.78 is 2.17. The van der Waals surface area contributed by atoms with Crippen molar-refractivity contribution in [3.05, 3.63) is 59.7 Å². The van der Waals surface area contributed by atoms with Crippen molar-refractivity contribution in [2.45, 2.75) is 13.1 Å². The summed E-state index contributed by atoms with van der Waals surface area (Å²) in [6.07, 6.45) is 6.23. The van der Waals surface area contributed by atoms with E-state index >= 15 is 0 Å². The summed E-state index contributed by atoms with van der Waals surface area (Å²) in [7, 11) is 1.65. The smallest absolute Gasteiger partial charge is 0.151 e. The van der Waals surface area contributed by atoms with Gasteiger partial charge in [-0.2, -0.15) is 0 Å². The number of pyridine rings is 2. The van der Waals surface area contributed by atoms with Crippen molar-refractivity contribution in [1.82, 2.24) is 19.7 Å². The highest BCUT2D eigenvalue weighted by atomic mass is 32.2. The van der Waals surface area contributed by atoms with Crippen LogP contribution in [-0.2, 0) is 13.1 Å². The first-order valence-electron chi connectivity index (χ1n) is 6.70. The number of hydrogen-bond acceptors (Lipinski definition) is 7. The third kappa shape index (κ3) is 6.77. The molecular formula is C15H21N5OS. The van der Waals surface area contributed by atoms with E-state index in [1.54, 1.807) is 37.5 Å². The first-order chi connectivity index (χ1) is 10.7. The van der Waals surface area contributed by atoms with Crippen LogP contribution in [0.3, 0.4) is 0 Å². The highest BCUT2D eigenvalue weighted by Gasteiger charge is 2.07. The summed E-state index contributed by atoms with van der Waals surface area (Å²) in [4.78, 5) is 19.2. The molecule has 0 atom stereocenters. The zero-order valence-electron chi connectivity index (χ0n) is 12.8. The Balaban J connectivity index is 0.000000745. The van der Waals surface area contributed by atoms with Gasteiger partial charge in [-0.3, -0.25) is 26.0 Å². The largest absolute Gasteiger partial charge is 0.298 e. The van der Waals surface area contributed by atoms with Gasteiger partial charge in [-0.15, -0.1) is 0 Å². The maximum atomic E-state index is 10.6. The lowest BCUT2D eigenvalue weighted by Gasteiger charge is -2.18. The van der Waals surface area contributed by atoms with Crippen LogP contribution in [0.4, 0.5) is 0 Å². The minimum absolute atomic E-state index is 0.601. The lowest BCUT2D eigenvalue weighted by molar-refractivity contribution is 0.112. The number of carbonyl (C=O) groups is 1. The first kappa shape index (κ1) is 18.2. The number of aromatic nitrogens is 2. The third-order valence-corrected chi connectivity index (χ3v) is 3.42. The van der Waals surface area contributed by atoms with Crippen molar-refractivity contribution in [2.24, 2.45) is 5.84 Å². The maximum Gasteiger partial charge on any atom is 0.151 e. The van der Waals surface area contributed by atoms with Gasteiger partial charge in [0.2, 0.25) is 0 Å². The number of rotatable bonds is 6. The molecule has 22 heavy (non-hydrogen) atoms. The van der Waals surface area contributed by atoms with Crippen molar-refractivity contribution in [2.75, 3.05) is 13.3 Å². The molecule has 2 aromatic rings. The molecule has 0 unspecified atom stereocenters. The van der Waals surface area contributed by atoms with Crippen LogP contribution in [0.5, 0.6) is 0 Å². The molecule has 0 fully saturated rings. The molecule has 3 N–H and O–H groups in total. The van der Waals surface area contributed by atoms with E-state index in [4.69, 9.17) is 0 Å². The van der Waals surface area contributed by atoms with E-state index in [0.29, 0.717) is 5.56 Å². The van der Waals surface area contributed by atoms with Gasteiger partial charge in [0.25, 0.3) is 0 Å². The van der Waals surface area contributed by atoms with Gasteiger partial charge in [0, 0.05) is 18.0 Å². The highest BCUT2D eigenvalue weighted by molar-refractivity contribution is 7.96. The molecule has 0 bridgehead atoms. The first-order valence-corrected chi connectivity index (χ1v) is 7.88. The van der Waals surface area contributed by atoms with E-state index in [9.17, 15) is 4.79 Å². The molecule has 0 saturated carbocycles. The average Bonchev–Trinajstić information content (AvgIpc) is 2.56. The molecule has 0 aliphatic carbocycles. The number of nitrogens with two attached hydrogens (primary N) is 1. The zero-order chi connectivity index (χ0) is 16.2. The standard InChI is InChI=1S/C14H15N3OS.CH6N2/c1-19-17(9-13-4-2-3-7-15-13)10-14-6-5-12(11-18)8-16-14;1-3-2/h2-8,11H,9-10H2,1H3;3H,2H2,1H3. The molecule has 0 aromatic carbocycles. The average molecular weight is 319 g/mol. The topological polar surface area (TPSA) is 84.1 Å². The molecule has 0 amide bonds. The summed E-state index contributed by atoms with van der Waals surface area (Å²) in [6.45, 7) is 1.48. The Hall–Kier alpha value is -1.80. The quantitative estimate of drug-likeness (QED) is 0.362. The number of hydrazine groups is 1. The van der Waals surface area contributed by atoms with Crippen LogP contribution in [0.25, 0.3) is 0 Å². The monoisotopic (exact) mass is 319 g/mol. The van der Waals surface area contributed by atoms with Crippen LogP contribution in [0, 0.1) is 0 Å². The fraction of sp³-hybridized carbons (Fsp3) is 0.267. The number of hydrogen-bond donors (Lipinski definition) is 2. The van der Waals surface area contributed by atoms with Crippen LogP contribution < -0.4 is 11.3 Å². The molecule has 118 valence electrons. The maximum absolute atomic E-state index is 10.6. The third-order valence-electron chi connectivity index (χ3n) is 2.64. The van der Waals surface area contributed by atoms with Gasteiger partial charge >= 0.3 is 0 Å². The Bertz CT molecular complexity index is 535. The Morgan fingerprint density at radius 1 is 1.23 bits per heavy atom. The minimum Gasteiger partial charge on any atom is -0.298 e. The number of nitrogens with zero attached hydrogens (tertiary/aromatic N) is 3. The molecule has 0 aliphatic rings. The van der Waals surface area contributed by atoms with E-state index in [0.717, 1.165) is 30.8 Å². The molecule has 0 aliphatic heterocycles. The number of nitrogens with one attached hydrogen (secondary N) is 1. The second-order valence-corrected chi connectivity index (χ2v) is 5.17. The summed E-state index contributed by atoms with van der Waals surface area (Å²) in [5.41, 5.74) is 4.82.